The highest BCUT2D eigenvalue weighted by atomic mass is 16.2. The number of benzene rings is 1. The van der Waals surface area contributed by atoms with Crippen LogP contribution in [0.1, 0.15) is 61.0 Å². The quantitative estimate of drug-likeness (QED) is 0.728. The number of aryl methyl sites for hydroxylation is 2. The Morgan fingerprint density at radius 2 is 1.82 bits per heavy atom. The molecule has 0 saturated carbocycles. The zero-order valence-electron chi connectivity index (χ0n) is 17.2. The van der Waals surface area contributed by atoms with Crippen molar-refractivity contribution in [3.05, 3.63) is 55.7 Å². The Morgan fingerprint density at radius 1 is 1.14 bits per heavy atom. The van der Waals surface area contributed by atoms with Gasteiger partial charge in [0.25, 0.3) is 11.5 Å². The van der Waals surface area contributed by atoms with E-state index in [1.807, 2.05) is 39.8 Å². The summed E-state index contributed by atoms with van der Waals surface area (Å²) in [5.74, 6) is -0.250. The minimum absolute atomic E-state index is 0.0383. The molecular formula is C21H30N4O3. The average molecular weight is 386 g/mol. The molecule has 152 valence electrons. The van der Waals surface area contributed by atoms with E-state index in [4.69, 9.17) is 5.73 Å². The van der Waals surface area contributed by atoms with Gasteiger partial charge in [-0.15, -0.1) is 0 Å². The number of anilines is 2. The van der Waals surface area contributed by atoms with Crippen LogP contribution >= 0.6 is 0 Å². The second-order valence-electron chi connectivity index (χ2n) is 7.13. The van der Waals surface area contributed by atoms with Gasteiger partial charge in [0.05, 0.1) is 0 Å². The first-order chi connectivity index (χ1) is 13.3. The molecule has 0 fully saturated rings. The molecule has 3 N–H and O–H groups in total. The summed E-state index contributed by atoms with van der Waals surface area (Å²) < 4.78 is 1.34. The normalized spacial score (nSPS) is 10.9. The van der Waals surface area contributed by atoms with Crippen molar-refractivity contribution in [3.63, 3.8) is 0 Å². The van der Waals surface area contributed by atoms with Gasteiger partial charge in [0.2, 0.25) is 0 Å². The molecule has 0 aliphatic carbocycles. The maximum Gasteiger partial charge on any atom is 0.330 e. The minimum atomic E-state index is -0.635. The van der Waals surface area contributed by atoms with Gasteiger partial charge in [-0.05, 0) is 38.3 Å². The molecule has 0 bridgehead atoms. The van der Waals surface area contributed by atoms with E-state index in [2.05, 4.69) is 4.98 Å². The van der Waals surface area contributed by atoms with Crippen molar-refractivity contribution in [1.82, 2.24) is 9.55 Å². The van der Waals surface area contributed by atoms with Crippen LogP contribution in [0.25, 0.3) is 0 Å². The van der Waals surface area contributed by atoms with Crippen molar-refractivity contribution < 1.29 is 4.79 Å². The topological polar surface area (TPSA) is 101 Å². The van der Waals surface area contributed by atoms with E-state index in [0.717, 1.165) is 30.4 Å². The molecule has 1 heterocycles. The molecule has 0 unspecified atom stereocenters. The fourth-order valence-corrected chi connectivity index (χ4v) is 3.21. The number of aromatic nitrogens is 2. The van der Waals surface area contributed by atoms with Crippen molar-refractivity contribution in [3.8, 4) is 0 Å². The lowest BCUT2D eigenvalue weighted by atomic mass is 10.0. The SMILES string of the molecule is CCCCN(C(=O)c1ccc(C)cc1C)c1c(N)n(CCCC)c(=O)[nH]c1=O. The summed E-state index contributed by atoms with van der Waals surface area (Å²) in [7, 11) is 0. The lowest BCUT2D eigenvalue weighted by Crippen LogP contribution is -2.41. The number of carbonyl (C=O) groups is 1. The molecule has 0 aliphatic heterocycles. The summed E-state index contributed by atoms with van der Waals surface area (Å²) in [4.78, 5) is 41.9. The summed E-state index contributed by atoms with van der Waals surface area (Å²) in [6.45, 7) is 8.59. The molecular weight excluding hydrogens is 356 g/mol. The fourth-order valence-electron chi connectivity index (χ4n) is 3.21. The number of hydrogen-bond acceptors (Lipinski definition) is 4. The van der Waals surface area contributed by atoms with E-state index < -0.39 is 11.2 Å². The van der Waals surface area contributed by atoms with Gasteiger partial charge in [0.1, 0.15) is 5.82 Å². The maximum atomic E-state index is 13.3. The summed E-state index contributed by atoms with van der Waals surface area (Å²) >= 11 is 0. The number of nitrogen functional groups attached to an aromatic ring is 1. The van der Waals surface area contributed by atoms with Crippen molar-refractivity contribution in [1.29, 1.82) is 0 Å². The van der Waals surface area contributed by atoms with E-state index in [-0.39, 0.29) is 17.4 Å². The molecule has 0 spiro atoms. The Bertz CT molecular complexity index is 959. The van der Waals surface area contributed by atoms with E-state index in [9.17, 15) is 14.4 Å². The van der Waals surface area contributed by atoms with Gasteiger partial charge in [-0.3, -0.25) is 19.1 Å². The fraction of sp³-hybridized carbons (Fsp3) is 0.476. The van der Waals surface area contributed by atoms with Gasteiger partial charge >= 0.3 is 5.69 Å². The Labute approximate surface area is 165 Å². The van der Waals surface area contributed by atoms with Crippen LogP contribution in [0, 0.1) is 13.8 Å². The van der Waals surface area contributed by atoms with E-state index >= 15 is 0 Å². The van der Waals surface area contributed by atoms with Crippen molar-refractivity contribution in [2.75, 3.05) is 17.2 Å². The summed E-state index contributed by atoms with van der Waals surface area (Å²) in [5, 5.41) is 0. The summed E-state index contributed by atoms with van der Waals surface area (Å²) in [5.41, 5.74) is 7.50. The van der Waals surface area contributed by atoms with E-state index in [1.54, 1.807) is 6.07 Å². The predicted octanol–water partition coefficient (Wildman–Crippen LogP) is 2.98. The molecule has 0 saturated heterocycles. The van der Waals surface area contributed by atoms with Gasteiger partial charge < -0.3 is 10.6 Å². The number of H-pyrrole nitrogens is 1. The molecule has 0 radical (unpaired) electrons. The Morgan fingerprint density at radius 3 is 2.43 bits per heavy atom. The number of nitrogens with two attached hydrogens (primary N) is 1. The monoisotopic (exact) mass is 386 g/mol. The van der Waals surface area contributed by atoms with Gasteiger partial charge in [0.15, 0.2) is 5.69 Å². The standard InChI is InChI=1S/C21H30N4O3/c1-5-7-11-24(20(27)16-10-9-14(3)13-15(16)4)17-18(22)25(12-8-6-2)21(28)23-19(17)26/h9-10,13H,5-8,11-12,22H2,1-4H3,(H,23,26,28). The van der Waals surface area contributed by atoms with Crippen LogP contribution in [-0.2, 0) is 6.54 Å². The molecule has 7 heteroatoms. The van der Waals surface area contributed by atoms with Crippen molar-refractivity contribution >= 4 is 17.4 Å². The lowest BCUT2D eigenvalue weighted by molar-refractivity contribution is 0.0985. The van der Waals surface area contributed by atoms with E-state index in [0.29, 0.717) is 25.1 Å². The molecule has 1 amide bonds. The Hall–Kier alpha value is -2.83. The molecule has 1 aromatic heterocycles. The third kappa shape index (κ3) is 4.52. The number of unbranched alkanes of at least 4 members (excludes halogenated alkanes) is 2. The highest BCUT2D eigenvalue weighted by molar-refractivity contribution is 6.08. The first kappa shape index (κ1) is 21.5. The number of amides is 1. The molecule has 28 heavy (non-hydrogen) atoms. The first-order valence-electron chi connectivity index (χ1n) is 9.83. The lowest BCUT2D eigenvalue weighted by Gasteiger charge is -2.25. The number of nitrogens with one attached hydrogen (secondary N) is 1. The predicted molar refractivity (Wildman–Crippen MR) is 113 cm³/mol. The largest absolute Gasteiger partial charge is 0.383 e. The van der Waals surface area contributed by atoms with Crippen LogP contribution in [0.15, 0.2) is 27.8 Å². The zero-order valence-corrected chi connectivity index (χ0v) is 17.2. The molecule has 0 aliphatic rings. The maximum absolute atomic E-state index is 13.3. The number of hydrogen-bond donors (Lipinski definition) is 2. The van der Waals surface area contributed by atoms with Crippen LogP contribution in [0.5, 0.6) is 0 Å². The molecule has 1 aromatic carbocycles. The van der Waals surface area contributed by atoms with Gasteiger partial charge in [0, 0.05) is 18.7 Å². The first-order valence-corrected chi connectivity index (χ1v) is 9.83. The van der Waals surface area contributed by atoms with Crippen molar-refractivity contribution in [2.45, 2.75) is 59.9 Å². The van der Waals surface area contributed by atoms with Crippen LogP contribution < -0.4 is 21.9 Å². The smallest absolute Gasteiger partial charge is 0.330 e. The summed E-state index contributed by atoms with van der Waals surface area (Å²) in [6.07, 6.45) is 3.19. The number of nitrogens with zero attached hydrogens (tertiary/aromatic N) is 2. The third-order valence-electron chi connectivity index (χ3n) is 4.81. The zero-order chi connectivity index (χ0) is 20.8. The van der Waals surface area contributed by atoms with Crippen LogP contribution in [0.4, 0.5) is 11.5 Å². The molecule has 2 rings (SSSR count). The minimum Gasteiger partial charge on any atom is -0.383 e. The van der Waals surface area contributed by atoms with Gasteiger partial charge in [-0.2, -0.15) is 0 Å². The molecule has 0 atom stereocenters. The highest BCUT2D eigenvalue weighted by Gasteiger charge is 2.25. The van der Waals surface area contributed by atoms with E-state index in [1.165, 1.54) is 9.47 Å². The Kier molecular flexibility index (Phi) is 7.20. The second kappa shape index (κ2) is 9.39. The average Bonchev–Trinajstić information content (AvgIpc) is 2.63. The number of aromatic amines is 1. The number of carbonyl (C=O) groups excluding carboxylic acids is 1. The van der Waals surface area contributed by atoms with Crippen molar-refractivity contribution in [2.24, 2.45) is 0 Å². The van der Waals surface area contributed by atoms with Crippen LogP contribution in [-0.4, -0.2) is 22.0 Å². The summed E-state index contributed by atoms with van der Waals surface area (Å²) in [6, 6.07) is 5.57. The Balaban J connectivity index is 2.61. The number of rotatable bonds is 8. The molecule has 2 aromatic rings. The highest BCUT2D eigenvalue weighted by Crippen LogP contribution is 2.22. The third-order valence-corrected chi connectivity index (χ3v) is 4.81. The van der Waals surface area contributed by atoms with Gasteiger partial charge in [-0.1, -0.05) is 44.4 Å². The van der Waals surface area contributed by atoms with Gasteiger partial charge in [-0.25, -0.2) is 4.79 Å². The molecule has 7 nitrogen and oxygen atoms in total. The van der Waals surface area contributed by atoms with Crippen LogP contribution in [0.3, 0.4) is 0 Å². The second-order valence-corrected chi connectivity index (χ2v) is 7.13. The van der Waals surface area contributed by atoms with Crippen LogP contribution in [0.2, 0.25) is 0 Å².